The van der Waals surface area contributed by atoms with Gasteiger partial charge in [-0.1, -0.05) is 28.1 Å². The van der Waals surface area contributed by atoms with Crippen molar-refractivity contribution >= 4 is 26.8 Å². The maximum absolute atomic E-state index is 9.65. The van der Waals surface area contributed by atoms with Crippen LogP contribution in [-0.4, -0.2) is 10.1 Å². The number of rotatable bonds is 3. The van der Waals surface area contributed by atoms with Crippen LogP contribution >= 0.6 is 15.9 Å². The van der Waals surface area contributed by atoms with E-state index in [-0.39, 0.29) is 0 Å². The molecule has 0 radical (unpaired) electrons. The highest BCUT2D eigenvalue weighted by Crippen LogP contribution is 2.32. The fourth-order valence-electron chi connectivity index (χ4n) is 2.20. The quantitative estimate of drug-likeness (QED) is 0.739. The summed E-state index contributed by atoms with van der Waals surface area (Å²) < 4.78 is 6.78. The highest BCUT2D eigenvalue weighted by Gasteiger charge is 2.09. The SMILES string of the molecule is C[C@@H](O)c1ccc(Oc2cccc3ncccc23)cc1Br. The number of benzene rings is 2. The van der Waals surface area contributed by atoms with Crippen LogP contribution in [0, 0.1) is 0 Å². The normalized spacial score (nSPS) is 12.3. The maximum Gasteiger partial charge on any atom is 0.136 e. The average Bonchev–Trinajstić information content (AvgIpc) is 2.47. The van der Waals surface area contributed by atoms with E-state index in [1.54, 1.807) is 13.1 Å². The molecule has 0 aliphatic carbocycles. The van der Waals surface area contributed by atoms with Gasteiger partial charge in [0.1, 0.15) is 11.5 Å². The van der Waals surface area contributed by atoms with Gasteiger partial charge < -0.3 is 9.84 Å². The summed E-state index contributed by atoms with van der Waals surface area (Å²) in [6, 6.07) is 15.2. The number of hydrogen-bond acceptors (Lipinski definition) is 3. The number of halogens is 1. The van der Waals surface area contributed by atoms with E-state index >= 15 is 0 Å². The third kappa shape index (κ3) is 2.91. The molecule has 3 aromatic rings. The second-order valence-corrected chi connectivity index (χ2v) is 5.64. The van der Waals surface area contributed by atoms with Gasteiger partial charge in [-0.25, -0.2) is 0 Å². The van der Waals surface area contributed by atoms with Crippen molar-refractivity contribution in [3.63, 3.8) is 0 Å². The van der Waals surface area contributed by atoms with Gasteiger partial charge in [0, 0.05) is 16.1 Å². The van der Waals surface area contributed by atoms with Gasteiger partial charge in [-0.15, -0.1) is 0 Å². The lowest BCUT2D eigenvalue weighted by Gasteiger charge is -2.12. The summed E-state index contributed by atoms with van der Waals surface area (Å²) in [7, 11) is 0. The lowest BCUT2D eigenvalue weighted by Crippen LogP contribution is -1.93. The highest BCUT2D eigenvalue weighted by molar-refractivity contribution is 9.10. The number of ether oxygens (including phenoxy) is 1. The van der Waals surface area contributed by atoms with Gasteiger partial charge >= 0.3 is 0 Å². The van der Waals surface area contributed by atoms with Crippen molar-refractivity contribution in [1.82, 2.24) is 4.98 Å². The molecule has 1 heterocycles. The minimum absolute atomic E-state index is 0.518. The van der Waals surface area contributed by atoms with Crippen molar-refractivity contribution in [1.29, 1.82) is 0 Å². The fourth-order valence-corrected chi connectivity index (χ4v) is 2.89. The van der Waals surface area contributed by atoms with Crippen molar-refractivity contribution in [2.75, 3.05) is 0 Å². The largest absolute Gasteiger partial charge is 0.457 e. The van der Waals surface area contributed by atoms with E-state index in [4.69, 9.17) is 4.74 Å². The minimum atomic E-state index is -0.518. The Morgan fingerprint density at radius 2 is 2.00 bits per heavy atom. The minimum Gasteiger partial charge on any atom is -0.457 e. The van der Waals surface area contributed by atoms with Gasteiger partial charge in [-0.05, 0) is 48.9 Å². The molecular weight excluding hydrogens is 330 g/mol. The first-order valence-corrected chi connectivity index (χ1v) is 7.43. The molecule has 2 aromatic carbocycles. The van der Waals surface area contributed by atoms with Crippen molar-refractivity contribution < 1.29 is 9.84 Å². The predicted octanol–water partition coefficient (Wildman–Crippen LogP) is 4.84. The second-order valence-electron chi connectivity index (χ2n) is 4.79. The summed E-state index contributed by atoms with van der Waals surface area (Å²) in [5.41, 5.74) is 1.73. The Morgan fingerprint density at radius 1 is 1.14 bits per heavy atom. The molecule has 1 aromatic heterocycles. The number of aromatic nitrogens is 1. The van der Waals surface area contributed by atoms with Crippen LogP contribution in [0.5, 0.6) is 11.5 Å². The Kier molecular flexibility index (Phi) is 3.90. The monoisotopic (exact) mass is 343 g/mol. The average molecular weight is 344 g/mol. The summed E-state index contributed by atoms with van der Waals surface area (Å²) in [6.07, 6.45) is 1.25. The first kappa shape index (κ1) is 14.0. The van der Waals surface area contributed by atoms with Crippen LogP contribution in [0.3, 0.4) is 0 Å². The zero-order chi connectivity index (χ0) is 14.8. The number of aliphatic hydroxyl groups is 1. The molecule has 0 bridgehead atoms. The third-order valence-electron chi connectivity index (χ3n) is 3.26. The van der Waals surface area contributed by atoms with Crippen LogP contribution in [0.25, 0.3) is 10.9 Å². The molecule has 4 heteroatoms. The first-order valence-electron chi connectivity index (χ1n) is 6.64. The summed E-state index contributed by atoms with van der Waals surface area (Å²) in [6.45, 7) is 1.73. The van der Waals surface area contributed by atoms with Crippen molar-refractivity contribution in [2.24, 2.45) is 0 Å². The van der Waals surface area contributed by atoms with Gasteiger partial charge in [0.25, 0.3) is 0 Å². The predicted molar refractivity (Wildman–Crippen MR) is 86.6 cm³/mol. The molecule has 106 valence electrons. The summed E-state index contributed by atoms with van der Waals surface area (Å²) >= 11 is 3.46. The molecule has 3 nitrogen and oxygen atoms in total. The van der Waals surface area contributed by atoms with Crippen LogP contribution in [0.15, 0.2) is 59.2 Å². The topological polar surface area (TPSA) is 42.4 Å². The number of aliphatic hydroxyl groups excluding tert-OH is 1. The molecule has 0 amide bonds. The number of nitrogens with zero attached hydrogens (tertiary/aromatic N) is 1. The highest BCUT2D eigenvalue weighted by atomic mass is 79.9. The van der Waals surface area contributed by atoms with Gasteiger partial charge in [0.2, 0.25) is 0 Å². The Hall–Kier alpha value is -1.91. The Morgan fingerprint density at radius 3 is 2.76 bits per heavy atom. The molecule has 0 saturated heterocycles. The van der Waals surface area contributed by atoms with Gasteiger partial charge in [0.15, 0.2) is 0 Å². The summed E-state index contributed by atoms with van der Waals surface area (Å²) in [5.74, 6) is 1.47. The van der Waals surface area contributed by atoms with E-state index in [9.17, 15) is 5.11 Å². The Bertz CT molecular complexity index is 781. The maximum atomic E-state index is 9.65. The molecule has 0 spiro atoms. The standard InChI is InChI=1S/C17H14BrNO2/c1-11(20)13-8-7-12(10-15(13)18)21-17-6-2-5-16-14(17)4-3-9-19-16/h2-11,20H,1H3/t11-/m1/s1. The van der Waals surface area contributed by atoms with Crippen LogP contribution < -0.4 is 4.74 Å². The van der Waals surface area contributed by atoms with Crippen LogP contribution in [0.4, 0.5) is 0 Å². The molecule has 0 saturated carbocycles. The van der Waals surface area contributed by atoms with E-state index in [2.05, 4.69) is 20.9 Å². The molecule has 3 rings (SSSR count). The molecule has 0 aliphatic rings. The van der Waals surface area contributed by atoms with Crippen molar-refractivity contribution in [3.8, 4) is 11.5 Å². The van der Waals surface area contributed by atoms with E-state index in [0.717, 1.165) is 26.7 Å². The van der Waals surface area contributed by atoms with Crippen molar-refractivity contribution in [3.05, 3.63) is 64.8 Å². The Labute approximate surface area is 131 Å². The van der Waals surface area contributed by atoms with E-state index in [0.29, 0.717) is 5.75 Å². The molecular formula is C17H14BrNO2. The molecule has 21 heavy (non-hydrogen) atoms. The third-order valence-corrected chi connectivity index (χ3v) is 3.94. The molecule has 1 atom stereocenters. The van der Waals surface area contributed by atoms with Crippen molar-refractivity contribution in [2.45, 2.75) is 13.0 Å². The number of hydrogen-bond donors (Lipinski definition) is 1. The number of fused-ring (bicyclic) bond motifs is 1. The van der Waals surface area contributed by atoms with E-state index in [1.807, 2.05) is 48.5 Å². The zero-order valence-corrected chi connectivity index (χ0v) is 13.0. The fraction of sp³-hybridized carbons (Fsp3) is 0.118. The number of pyridine rings is 1. The molecule has 0 fully saturated rings. The second kappa shape index (κ2) is 5.84. The van der Waals surface area contributed by atoms with Crippen LogP contribution in [0.1, 0.15) is 18.6 Å². The van der Waals surface area contributed by atoms with E-state index < -0.39 is 6.10 Å². The van der Waals surface area contributed by atoms with Gasteiger partial charge in [-0.3, -0.25) is 4.98 Å². The summed E-state index contributed by atoms with van der Waals surface area (Å²) in [5, 5.41) is 10.6. The molecule has 0 aliphatic heterocycles. The molecule has 1 N–H and O–H groups in total. The zero-order valence-electron chi connectivity index (χ0n) is 11.5. The Balaban J connectivity index is 1.97. The van der Waals surface area contributed by atoms with Gasteiger partial charge in [0.05, 0.1) is 11.6 Å². The van der Waals surface area contributed by atoms with E-state index in [1.165, 1.54) is 0 Å². The molecule has 0 unspecified atom stereocenters. The van der Waals surface area contributed by atoms with Crippen LogP contribution in [-0.2, 0) is 0 Å². The lowest BCUT2D eigenvalue weighted by molar-refractivity contribution is 0.198. The first-order chi connectivity index (χ1) is 10.1. The van der Waals surface area contributed by atoms with Gasteiger partial charge in [-0.2, -0.15) is 0 Å². The van der Waals surface area contributed by atoms with Crippen LogP contribution in [0.2, 0.25) is 0 Å². The smallest absolute Gasteiger partial charge is 0.136 e. The summed E-state index contributed by atoms with van der Waals surface area (Å²) in [4.78, 5) is 4.32. The lowest BCUT2D eigenvalue weighted by atomic mass is 10.1.